The minimum Gasteiger partial charge on any atom is -0.481 e. The van der Waals surface area contributed by atoms with Gasteiger partial charge in [-0.2, -0.15) is 5.10 Å². The van der Waals surface area contributed by atoms with Gasteiger partial charge < -0.3 is 15.8 Å². The van der Waals surface area contributed by atoms with E-state index in [-0.39, 0.29) is 5.91 Å². The summed E-state index contributed by atoms with van der Waals surface area (Å²) in [6, 6.07) is 6.87. The van der Waals surface area contributed by atoms with Crippen molar-refractivity contribution in [3.05, 3.63) is 35.0 Å². The van der Waals surface area contributed by atoms with E-state index in [0.29, 0.717) is 28.0 Å². The molecule has 0 aliphatic heterocycles. The minimum absolute atomic E-state index is 0.315. The van der Waals surface area contributed by atoms with Gasteiger partial charge in [0.15, 0.2) is 11.9 Å². The summed E-state index contributed by atoms with van der Waals surface area (Å²) in [5, 5.41) is 7.40. The number of aromatic nitrogens is 2. The Bertz CT molecular complexity index is 669. The molecule has 21 heavy (non-hydrogen) atoms. The van der Waals surface area contributed by atoms with Crippen molar-refractivity contribution in [2.45, 2.75) is 20.0 Å². The number of aryl methyl sites for hydroxylation is 2. The highest BCUT2D eigenvalue weighted by molar-refractivity contribution is 6.30. The Morgan fingerprint density at radius 2 is 2.24 bits per heavy atom. The molecule has 0 bridgehead atoms. The third-order valence-corrected chi connectivity index (χ3v) is 3.22. The molecule has 1 aromatic heterocycles. The van der Waals surface area contributed by atoms with E-state index in [1.54, 1.807) is 45.2 Å². The van der Waals surface area contributed by atoms with Gasteiger partial charge in [0.05, 0.1) is 11.4 Å². The van der Waals surface area contributed by atoms with Gasteiger partial charge in [0.2, 0.25) is 0 Å². The summed E-state index contributed by atoms with van der Waals surface area (Å²) >= 11 is 5.87. The quantitative estimate of drug-likeness (QED) is 0.908. The number of nitrogens with two attached hydrogens (primary N) is 1. The van der Waals surface area contributed by atoms with Crippen LogP contribution in [0.4, 0.5) is 11.5 Å². The van der Waals surface area contributed by atoms with E-state index >= 15 is 0 Å². The number of nitrogens with zero attached hydrogens (tertiary/aromatic N) is 2. The van der Waals surface area contributed by atoms with Crippen LogP contribution in [-0.4, -0.2) is 21.8 Å². The van der Waals surface area contributed by atoms with E-state index in [2.05, 4.69) is 10.4 Å². The van der Waals surface area contributed by atoms with E-state index in [1.807, 2.05) is 0 Å². The molecule has 112 valence electrons. The van der Waals surface area contributed by atoms with E-state index in [9.17, 15) is 4.79 Å². The van der Waals surface area contributed by atoms with Gasteiger partial charge in [0, 0.05) is 12.1 Å². The molecule has 1 aromatic carbocycles. The minimum atomic E-state index is -0.696. The number of benzene rings is 1. The highest BCUT2D eigenvalue weighted by atomic mass is 35.5. The molecule has 6 nitrogen and oxygen atoms in total. The number of ether oxygens (including phenoxy) is 1. The Hall–Kier alpha value is -2.21. The number of nitrogens with one attached hydrogen (secondary N) is 1. The normalized spacial score (nSPS) is 12.0. The van der Waals surface area contributed by atoms with Crippen LogP contribution in [-0.2, 0) is 11.8 Å². The van der Waals surface area contributed by atoms with Gasteiger partial charge >= 0.3 is 0 Å². The molecular formula is C14H17ClN4O2. The summed E-state index contributed by atoms with van der Waals surface area (Å²) in [7, 11) is 1.71. The zero-order valence-electron chi connectivity index (χ0n) is 12.1. The van der Waals surface area contributed by atoms with Crippen molar-refractivity contribution in [3.63, 3.8) is 0 Å². The number of amides is 1. The fourth-order valence-electron chi connectivity index (χ4n) is 1.84. The molecule has 0 spiro atoms. The first kappa shape index (κ1) is 15.2. The second kappa shape index (κ2) is 6.05. The zero-order chi connectivity index (χ0) is 15.6. The summed E-state index contributed by atoms with van der Waals surface area (Å²) in [6.45, 7) is 3.42. The van der Waals surface area contributed by atoms with E-state index < -0.39 is 6.10 Å². The molecular weight excluding hydrogens is 292 g/mol. The fraction of sp³-hybridized carbons (Fsp3) is 0.286. The van der Waals surface area contributed by atoms with Crippen LogP contribution in [0, 0.1) is 6.92 Å². The average Bonchev–Trinajstić information content (AvgIpc) is 2.65. The number of rotatable bonds is 4. The number of hydrogen-bond donors (Lipinski definition) is 2. The Kier molecular flexibility index (Phi) is 4.37. The maximum absolute atomic E-state index is 12.1. The Morgan fingerprint density at radius 3 is 2.81 bits per heavy atom. The molecule has 0 fully saturated rings. The Labute approximate surface area is 127 Å². The summed E-state index contributed by atoms with van der Waals surface area (Å²) in [5.41, 5.74) is 6.98. The molecule has 1 heterocycles. The molecule has 0 aliphatic rings. The molecule has 1 atom stereocenters. The van der Waals surface area contributed by atoms with Crippen LogP contribution in [0.5, 0.6) is 5.75 Å². The lowest BCUT2D eigenvalue weighted by molar-refractivity contribution is -0.122. The van der Waals surface area contributed by atoms with E-state index in [4.69, 9.17) is 22.1 Å². The van der Waals surface area contributed by atoms with Crippen LogP contribution in [0.15, 0.2) is 24.3 Å². The average molecular weight is 309 g/mol. The standard InChI is InChI=1S/C14H17ClN4O2/c1-8-12(16)13(19(3)18-8)17-14(20)9(2)21-11-6-4-5-10(15)7-11/h4-7,9H,16H2,1-3H3,(H,17,20). The third-order valence-electron chi connectivity index (χ3n) is 2.99. The lowest BCUT2D eigenvalue weighted by Crippen LogP contribution is -2.31. The van der Waals surface area contributed by atoms with Crippen molar-refractivity contribution < 1.29 is 9.53 Å². The van der Waals surface area contributed by atoms with Crippen molar-refractivity contribution >= 4 is 29.0 Å². The van der Waals surface area contributed by atoms with E-state index in [0.717, 1.165) is 0 Å². The second-order valence-corrected chi connectivity index (χ2v) is 5.11. The van der Waals surface area contributed by atoms with Crippen LogP contribution < -0.4 is 15.8 Å². The largest absolute Gasteiger partial charge is 0.481 e. The number of halogens is 1. The van der Waals surface area contributed by atoms with Crippen LogP contribution in [0.25, 0.3) is 0 Å². The molecule has 7 heteroatoms. The van der Waals surface area contributed by atoms with Crippen LogP contribution in [0.2, 0.25) is 5.02 Å². The third kappa shape index (κ3) is 3.46. The van der Waals surface area contributed by atoms with E-state index in [1.165, 1.54) is 4.68 Å². The Balaban J connectivity index is 2.06. The van der Waals surface area contributed by atoms with Gasteiger partial charge in [0.1, 0.15) is 5.75 Å². The molecule has 0 saturated heterocycles. The lowest BCUT2D eigenvalue weighted by atomic mass is 10.3. The zero-order valence-corrected chi connectivity index (χ0v) is 12.8. The second-order valence-electron chi connectivity index (χ2n) is 4.68. The smallest absolute Gasteiger partial charge is 0.266 e. The van der Waals surface area contributed by atoms with Crippen LogP contribution >= 0.6 is 11.6 Å². The van der Waals surface area contributed by atoms with Crippen molar-refractivity contribution in [2.75, 3.05) is 11.1 Å². The summed E-state index contributed by atoms with van der Waals surface area (Å²) in [4.78, 5) is 12.1. The Morgan fingerprint density at radius 1 is 1.52 bits per heavy atom. The number of hydrogen-bond acceptors (Lipinski definition) is 4. The SMILES string of the molecule is Cc1nn(C)c(NC(=O)C(C)Oc2cccc(Cl)c2)c1N. The van der Waals surface area contributed by atoms with Gasteiger partial charge in [-0.15, -0.1) is 0 Å². The summed E-state index contributed by atoms with van der Waals surface area (Å²) in [5.74, 6) is 0.669. The van der Waals surface area contributed by atoms with Gasteiger partial charge in [0.25, 0.3) is 5.91 Å². The fourth-order valence-corrected chi connectivity index (χ4v) is 2.02. The maximum Gasteiger partial charge on any atom is 0.266 e. The van der Waals surface area contributed by atoms with Gasteiger partial charge in [-0.05, 0) is 32.0 Å². The van der Waals surface area contributed by atoms with Crippen LogP contribution in [0.3, 0.4) is 0 Å². The molecule has 2 rings (SSSR count). The number of carbonyl (C=O) groups excluding carboxylic acids is 1. The predicted molar refractivity (Wildman–Crippen MR) is 82.5 cm³/mol. The number of nitrogen functional groups attached to an aromatic ring is 1. The summed E-state index contributed by atoms with van der Waals surface area (Å²) < 4.78 is 7.07. The van der Waals surface area contributed by atoms with Crippen molar-refractivity contribution in [2.24, 2.45) is 7.05 Å². The van der Waals surface area contributed by atoms with Gasteiger partial charge in [-0.3, -0.25) is 9.48 Å². The predicted octanol–water partition coefficient (Wildman–Crippen LogP) is 2.37. The molecule has 0 radical (unpaired) electrons. The maximum atomic E-state index is 12.1. The monoisotopic (exact) mass is 308 g/mol. The number of carbonyl (C=O) groups is 1. The first-order valence-corrected chi connectivity index (χ1v) is 6.78. The topological polar surface area (TPSA) is 82.2 Å². The molecule has 1 unspecified atom stereocenters. The highest BCUT2D eigenvalue weighted by Crippen LogP contribution is 2.22. The molecule has 3 N–H and O–H groups in total. The van der Waals surface area contributed by atoms with Crippen molar-refractivity contribution in [3.8, 4) is 5.75 Å². The van der Waals surface area contributed by atoms with Gasteiger partial charge in [-0.1, -0.05) is 17.7 Å². The molecule has 1 amide bonds. The first-order chi connectivity index (χ1) is 9.88. The molecule has 0 saturated carbocycles. The van der Waals surface area contributed by atoms with Crippen LogP contribution in [0.1, 0.15) is 12.6 Å². The van der Waals surface area contributed by atoms with Gasteiger partial charge in [-0.25, -0.2) is 0 Å². The molecule has 0 aliphatic carbocycles. The van der Waals surface area contributed by atoms with Crippen molar-refractivity contribution in [1.29, 1.82) is 0 Å². The molecule has 2 aromatic rings. The highest BCUT2D eigenvalue weighted by Gasteiger charge is 2.19. The lowest BCUT2D eigenvalue weighted by Gasteiger charge is -2.15. The first-order valence-electron chi connectivity index (χ1n) is 6.40. The summed E-state index contributed by atoms with van der Waals surface area (Å²) in [6.07, 6.45) is -0.696. The number of anilines is 2. The van der Waals surface area contributed by atoms with Crippen molar-refractivity contribution in [1.82, 2.24) is 9.78 Å².